The lowest BCUT2D eigenvalue weighted by Crippen LogP contribution is -2.04. The van der Waals surface area contributed by atoms with Crippen LogP contribution in [0.1, 0.15) is 18.5 Å². The zero-order valence-corrected chi connectivity index (χ0v) is 13.5. The molecule has 0 aliphatic rings. The van der Waals surface area contributed by atoms with Crippen LogP contribution >= 0.6 is 46.4 Å². The number of halogens is 4. The second kappa shape index (κ2) is 6.42. The second-order valence-electron chi connectivity index (χ2n) is 4.28. The number of hydrogen-bond donors (Lipinski definition) is 1. The summed E-state index contributed by atoms with van der Waals surface area (Å²) in [5, 5.41) is 1.52. The fraction of sp³-hybridized carbons (Fsp3) is 0.143. The molecule has 106 valence electrons. The average molecular weight is 351 g/mol. The predicted octanol–water partition coefficient (Wildman–Crippen LogP) is 6.11. The first kappa shape index (κ1) is 15.7. The summed E-state index contributed by atoms with van der Waals surface area (Å²) < 4.78 is 5.66. The van der Waals surface area contributed by atoms with Gasteiger partial charge in [0.2, 0.25) is 0 Å². The Balaban J connectivity index is 2.33. The van der Waals surface area contributed by atoms with Crippen molar-refractivity contribution < 1.29 is 4.74 Å². The molecule has 0 spiro atoms. The van der Waals surface area contributed by atoms with E-state index in [-0.39, 0.29) is 6.04 Å². The molecule has 0 heterocycles. The molecule has 0 unspecified atom stereocenters. The van der Waals surface area contributed by atoms with Gasteiger partial charge in [-0.2, -0.15) is 0 Å². The van der Waals surface area contributed by atoms with Gasteiger partial charge < -0.3 is 10.5 Å². The van der Waals surface area contributed by atoms with Gasteiger partial charge in [0.15, 0.2) is 0 Å². The van der Waals surface area contributed by atoms with Crippen molar-refractivity contribution in [2.45, 2.75) is 13.0 Å². The number of hydrogen-bond acceptors (Lipinski definition) is 2. The van der Waals surface area contributed by atoms with Crippen molar-refractivity contribution in [3.8, 4) is 11.5 Å². The summed E-state index contributed by atoms with van der Waals surface area (Å²) in [5.41, 5.74) is 6.71. The van der Waals surface area contributed by atoms with Crippen molar-refractivity contribution in [1.82, 2.24) is 0 Å². The molecule has 0 amide bonds. The number of rotatable bonds is 3. The first-order valence-corrected chi connectivity index (χ1v) is 7.27. The zero-order chi connectivity index (χ0) is 14.9. The van der Waals surface area contributed by atoms with Crippen molar-refractivity contribution in [1.29, 1.82) is 0 Å². The third-order valence-corrected chi connectivity index (χ3v) is 3.99. The minimum absolute atomic E-state index is 0.102. The first-order chi connectivity index (χ1) is 9.38. The van der Waals surface area contributed by atoms with Crippen LogP contribution in [0, 0.1) is 0 Å². The molecule has 6 heteroatoms. The molecule has 2 aromatic carbocycles. The number of benzene rings is 2. The van der Waals surface area contributed by atoms with E-state index < -0.39 is 0 Å². The maximum Gasteiger partial charge on any atom is 0.147 e. The Kier molecular flexibility index (Phi) is 5.05. The Morgan fingerprint density at radius 2 is 1.45 bits per heavy atom. The maximum atomic E-state index is 6.16. The molecule has 0 fully saturated rings. The Morgan fingerprint density at radius 1 is 0.850 bits per heavy atom. The van der Waals surface area contributed by atoms with Gasteiger partial charge in [-0.05, 0) is 30.7 Å². The van der Waals surface area contributed by atoms with Crippen molar-refractivity contribution >= 4 is 46.4 Å². The Labute approximate surface area is 137 Å². The van der Waals surface area contributed by atoms with Crippen LogP contribution in [0.2, 0.25) is 20.1 Å². The molecule has 1 atom stereocenters. The van der Waals surface area contributed by atoms with Gasteiger partial charge in [-0.15, -0.1) is 0 Å². The van der Waals surface area contributed by atoms with Gasteiger partial charge in [0.05, 0.1) is 20.1 Å². The molecule has 0 radical (unpaired) electrons. The van der Waals surface area contributed by atoms with Gasteiger partial charge in [0, 0.05) is 12.1 Å². The van der Waals surface area contributed by atoms with E-state index >= 15 is 0 Å². The standard InChI is InChI=1S/C14H11Cl4NO/c1-7(19)8-2-3-13(11(17)4-8)20-14-6-10(16)9(15)5-12(14)18/h2-7H,19H2,1H3/t7-/m0/s1. The smallest absolute Gasteiger partial charge is 0.147 e. The highest BCUT2D eigenvalue weighted by Gasteiger charge is 2.11. The average Bonchev–Trinajstić information content (AvgIpc) is 2.37. The van der Waals surface area contributed by atoms with Crippen molar-refractivity contribution in [2.24, 2.45) is 5.73 Å². The van der Waals surface area contributed by atoms with E-state index in [0.29, 0.717) is 31.6 Å². The van der Waals surface area contributed by atoms with Gasteiger partial charge in [-0.1, -0.05) is 52.5 Å². The molecule has 0 aromatic heterocycles. The quantitative estimate of drug-likeness (QED) is 0.677. The lowest BCUT2D eigenvalue weighted by Gasteiger charge is -2.12. The van der Waals surface area contributed by atoms with Crippen LogP contribution in [0.5, 0.6) is 11.5 Å². The van der Waals surface area contributed by atoms with Crippen molar-refractivity contribution in [3.63, 3.8) is 0 Å². The fourth-order valence-electron chi connectivity index (χ4n) is 1.58. The highest BCUT2D eigenvalue weighted by atomic mass is 35.5. The van der Waals surface area contributed by atoms with Crippen LogP contribution in [0.4, 0.5) is 0 Å². The molecule has 2 nitrogen and oxygen atoms in total. The number of nitrogens with two attached hydrogens (primary N) is 1. The monoisotopic (exact) mass is 349 g/mol. The van der Waals surface area contributed by atoms with Crippen molar-refractivity contribution in [2.75, 3.05) is 0 Å². The number of ether oxygens (including phenoxy) is 1. The summed E-state index contributed by atoms with van der Waals surface area (Å²) in [6.07, 6.45) is 0. The van der Waals surface area contributed by atoms with E-state index in [1.54, 1.807) is 18.2 Å². The predicted molar refractivity (Wildman–Crippen MR) is 85.6 cm³/mol. The molecule has 0 saturated heterocycles. The fourth-order valence-corrected chi connectivity index (χ4v) is 2.39. The molecular weight excluding hydrogens is 340 g/mol. The van der Waals surface area contributed by atoms with Crippen LogP contribution in [0.25, 0.3) is 0 Å². The Hall–Kier alpha value is -0.640. The zero-order valence-electron chi connectivity index (χ0n) is 10.5. The van der Waals surface area contributed by atoms with Gasteiger partial charge in [0.1, 0.15) is 11.5 Å². The van der Waals surface area contributed by atoms with Gasteiger partial charge in [0.25, 0.3) is 0 Å². The molecule has 0 aliphatic heterocycles. The van der Waals surface area contributed by atoms with Crippen LogP contribution in [-0.2, 0) is 0 Å². The maximum absolute atomic E-state index is 6.16. The summed E-state index contributed by atoms with van der Waals surface area (Å²) in [4.78, 5) is 0. The third-order valence-electron chi connectivity index (χ3n) is 2.68. The summed E-state index contributed by atoms with van der Waals surface area (Å²) in [6.45, 7) is 1.88. The van der Waals surface area contributed by atoms with Gasteiger partial charge >= 0.3 is 0 Å². The van der Waals surface area contributed by atoms with E-state index in [4.69, 9.17) is 56.9 Å². The summed E-state index contributed by atoms with van der Waals surface area (Å²) in [6, 6.07) is 8.30. The second-order valence-corrected chi connectivity index (χ2v) is 5.91. The van der Waals surface area contributed by atoms with Crippen LogP contribution in [-0.4, -0.2) is 0 Å². The Bertz CT molecular complexity index is 643. The molecule has 2 aromatic rings. The molecule has 20 heavy (non-hydrogen) atoms. The lowest BCUT2D eigenvalue weighted by molar-refractivity contribution is 0.483. The molecule has 2 N–H and O–H groups in total. The van der Waals surface area contributed by atoms with Crippen LogP contribution in [0.3, 0.4) is 0 Å². The van der Waals surface area contributed by atoms with Gasteiger partial charge in [-0.3, -0.25) is 0 Å². The van der Waals surface area contributed by atoms with E-state index in [1.807, 2.05) is 13.0 Å². The molecule has 2 rings (SSSR count). The molecule has 0 aliphatic carbocycles. The highest BCUT2D eigenvalue weighted by Crippen LogP contribution is 2.38. The molecule has 0 bridgehead atoms. The van der Waals surface area contributed by atoms with E-state index in [9.17, 15) is 0 Å². The molecular formula is C14H11Cl4NO. The lowest BCUT2D eigenvalue weighted by atomic mass is 10.1. The van der Waals surface area contributed by atoms with Crippen molar-refractivity contribution in [3.05, 3.63) is 56.0 Å². The minimum atomic E-state index is -0.102. The topological polar surface area (TPSA) is 35.2 Å². The normalized spacial score (nSPS) is 12.3. The molecule has 0 saturated carbocycles. The SMILES string of the molecule is C[C@H](N)c1ccc(Oc2cc(Cl)c(Cl)cc2Cl)c(Cl)c1. The first-order valence-electron chi connectivity index (χ1n) is 5.76. The van der Waals surface area contributed by atoms with Crippen LogP contribution in [0.15, 0.2) is 30.3 Å². The van der Waals surface area contributed by atoms with Crippen LogP contribution < -0.4 is 10.5 Å². The third kappa shape index (κ3) is 3.51. The van der Waals surface area contributed by atoms with E-state index in [2.05, 4.69) is 0 Å². The van der Waals surface area contributed by atoms with Gasteiger partial charge in [-0.25, -0.2) is 0 Å². The highest BCUT2D eigenvalue weighted by molar-refractivity contribution is 6.43. The Morgan fingerprint density at radius 3 is 2.05 bits per heavy atom. The summed E-state index contributed by atoms with van der Waals surface area (Å²) in [7, 11) is 0. The summed E-state index contributed by atoms with van der Waals surface area (Å²) in [5.74, 6) is 0.855. The minimum Gasteiger partial charge on any atom is -0.454 e. The largest absolute Gasteiger partial charge is 0.454 e. The van der Waals surface area contributed by atoms with E-state index in [0.717, 1.165) is 5.56 Å². The van der Waals surface area contributed by atoms with E-state index in [1.165, 1.54) is 6.07 Å². The summed E-state index contributed by atoms with van der Waals surface area (Å²) >= 11 is 24.0.